The molecule has 0 aliphatic heterocycles. The lowest BCUT2D eigenvalue weighted by Gasteiger charge is -2.23. The Morgan fingerprint density at radius 1 is 1.33 bits per heavy atom. The molecule has 0 saturated heterocycles. The molecule has 82 valence electrons. The molecule has 0 unspecified atom stereocenters. The number of rotatable bonds is 2. The number of aliphatic hydroxyl groups is 1. The molecule has 0 atom stereocenters. The van der Waals surface area contributed by atoms with Gasteiger partial charge in [0, 0.05) is 5.56 Å². The van der Waals surface area contributed by atoms with Crippen LogP contribution in [0.25, 0.3) is 5.57 Å². The molecule has 1 nitrogen and oxygen atoms in total. The molecule has 1 rings (SSSR count). The SMILES string of the molecule is CC(C)(C)/C(=C/CO)c1ccccc1F. The number of hydrogen-bond acceptors (Lipinski definition) is 1. The Kier molecular flexibility index (Phi) is 3.64. The number of allylic oxidation sites excluding steroid dienone is 1. The maximum absolute atomic E-state index is 13.6. The molecule has 0 saturated carbocycles. The number of aliphatic hydroxyl groups excluding tert-OH is 1. The third kappa shape index (κ3) is 2.90. The van der Waals surface area contributed by atoms with Crippen LogP contribution in [0.2, 0.25) is 0 Å². The third-order valence-corrected chi connectivity index (χ3v) is 2.27. The molecule has 15 heavy (non-hydrogen) atoms. The van der Waals surface area contributed by atoms with E-state index in [0.29, 0.717) is 5.56 Å². The lowest BCUT2D eigenvalue weighted by atomic mass is 9.82. The molecule has 2 heteroatoms. The molecule has 0 bridgehead atoms. The third-order valence-electron chi connectivity index (χ3n) is 2.27. The van der Waals surface area contributed by atoms with Gasteiger partial charge in [-0.15, -0.1) is 0 Å². The van der Waals surface area contributed by atoms with Crippen molar-refractivity contribution >= 4 is 5.57 Å². The van der Waals surface area contributed by atoms with Crippen LogP contribution < -0.4 is 0 Å². The molecule has 0 aliphatic rings. The predicted molar refractivity (Wildman–Crippen MR) is 60.9 cm³/mol. The smallest absolute Gasteiger partial charge is 0.130 e. The van der Waals surface area contributed by atoms with Gasteiger partial charge >= 0.3 is 0 Å². The first kappa shape index (κ1) is 11.9. The Balaban J connectivity index is 3.24. The minimum absolute atomic E-state index is 0.0685. The Bertz CT molecular complexity index is 361. The van der Waals surface area contributed by atoms with Gasteiger partial charge in [0.25, 0.3) is 0 Å². The monoisotopic (exact) mass is 208 g/mol. The van der Waals surface area contributed by atoms with Crippen LogP contribution in [-0.2, 0) is 0 Å². The highest BCUT2D eigenvalue weighted by atomic mass is 19.1. The first-order valence-electron chi connectivity index (χ1n) is 5.03. The average molecular weight is 208 g/mol. The van der Waals surface area contributed by atoms with Gasteiger partial charge in [-0.25, -0.2) is 4.39 Å². The van der Waals surface area contributed by atoms with Gasteiger partial charge in [0.2, 0.25) is 0 Å². The normalized spacial score (nSPS) is 13.0. The highest BCUT2D eigenvalue weighted by Gasteiger charge is 2.20. The number of halogens is 1. The molecule has 0 heterocycles. The van der Waals surface area contributed by atoms with Crippen LogP contribution in [0.4, 0.5) is 4.39 Å². The van der Waals surface area contributed by atoms with Crippen molar-refractivity contribution in [2.24, 2.45) is 5.41 Å². The molecule has 0 amide bonds. The molecule has 0 fully saturated rings. The van der Waals surface area contributed by atoms with Gasteiger partial charge in [-0.2, -0.15) is 0 Å². The van der Waals surface area contributed by atoms with E-state index in [9.17, 15) is 4.39 Å². The largest absolute Gasteiger partial charge is 0.392 e. The number of benzene rings is 1. The van der Waals surface area contributed by atoms with Crippen LogP contribution >= 0.6 is 0 Å². The lowest BCUT2D eigenvalue weighted by molar-refractivity contribution is 0.341. The van der Waals surface area contributed by atoms with Crippen molar-refractivity contribution in [1.82, 2.24) is 0 Å². The predicted octanol–water partition coefficient (Wildman–Crippen LogP) is 3.25. The summed E-state index contributed by atoms with van der Waals surface area (Å²) in [6.07, 6.45) is 1.67. The summed E-state index contributed by atoms with van der Waals surface area (Å²) in [4.78, 5) is 0. The van der Waals surface area contributed by atoms with E-state index >= 15 is 0 Å². The van der Waals surface area contributed by atoms with E-state index in [2.05, 4.69) is 0 Å². The molecular formula is C13H17FO. The maximum Gasteiger partial charge on any atom is 0.130 e. The van der Waals surface area contributed by atoms with Crippen molar-refractivity contribution < 1.29 is 9.50 Å². The minimum atomic E-state index is -0.243. The van der Waals surface area contributed by atoms with E-state index in [0.717, 1.165) is 5.57 Å². The van der Waals surface area contributed by atoms with Crippen molar-refractivity contribution in [3.63, 3.8) is 0 Å². The van der Waals surface area contributed by atoms with Crippen molar-refractivity contribution in [3.05, 3.63) is 41.7 Å². The average Bonchev–Trinajstić information content (AvgIpc) is 2.14. The Morgan fingerprint density at radius 2 is 1.93 bits per heavy atom. The molecule has 0 aliphatic carbocycles. The molecule has 1 aromatic carbocycles. The zero-order valence-electron chi connectivity index (χ0n) is 9.42. The summed E-state index contributed by atoms with van der Waals surface area (Å²) in [5.74, 6) is -0.243. The highest BCUT2D eigenvalue weighted by Crippen LogP contribution is 2.34. The van der Waals surface area contributed by atoms with Crippen molar-refractivity contribution in [1.29, 1.82) is 0 Å². The fourth-order valence-corrected chi connectivity index (χ4v) is 1.59. The summed E-state index contributed by atoms with van der Waals surface area (Å²) in [6, 6.07) is 6.64. The standard InChI is InChI=1S/C13H17FO/c1-13(2,3)11(8-9-15)10-6-4-5-7-12(10)14/h4-8,15H,9H2,1-3H3/b11-8+. The summed E-state index contributed by atoms with van der Waals surface area (Å²) in [5, 5.41) is 8.95. The summed E-state index contributed by atoms with van der Waals surface area (Å²) in [7, 11) is 0. The Labute approximate surface area is 90.3 Å². The van der Waals surface area contributed by atoms with Crippen LogP contribution in [-0.4, -0.2) is 11.7 Å². The fraction of sp³-hybridized carbons (Fsp3) is 0.385. The second-order valence-electron chi connectivity index (χ2n) is 4.53. The fourth-order valence-electron chi connectivity index (χ4n) is 1.59. The molecule has 0 radical (unpaired) electrons. The van der Waals surface area contributed by atoms with Gasteiger partial charge in [0.1, 0.15) is 5.82 Å². The van der Waals surface area contributed by atoms with Gasteiger partial charge in [-0.05, 0) is 17.1 Å². The molecular weight excluding hydrogens is 191 g/mol. The van der Waals surface area contributed by atoms with Gasteiger partial charge in [0.15, 0.2) is 0 Å². The summed E-state index contributed by atoms with van der Waals surface area (Å²) >= 11 is 0. The van der Waals surface area contributed by atoms with Gasteiger partial charge in [-0.3, -0.25) is 0 Å². The van der Waals surface area contributed by atoms with Gasteiger partial charge in [-0.1, -0.05) is 45.0 Å². The van der Waals surface area contributed by atoms with Crippen LogP contribution in [0.5, 0.6) is 0 Å². The zero-order chi connectivity index (χ0) is 11.5. The summed E-state index contributed by atoms with van der Waals surface area (Å²) < 4.78 is 13.6. The minimum Gasteiger partial charge on any atom is -0.392 e. The summed E-state index contributed by atoms with van der Waals surface area (Å²) in [5.41, 5.74) is 1.23. The second kappa shape index (κ2) is 4.58. The van der Waals surface area contributed by atoms with E-state index < -0.39 is 0 Å². The molecule has 1 aromatic rings. The Morgan fingerprint density at radius 3 is 2.40 bits per heavy atom. The summed E-state index contributed by atoms with van der Waals surface area (Å²) in [6.45, 7) is 5.93. The van der Waals surface area contributed by atoms with Crippen molar-refractivity contribution in [2.45, 2.75) is 20.8 Å². The number of hydrogen-bond donors (Lipinski definition) is 1. The highest BCUT2D eigenvalue weighted by molar-refractivity contribution is 5.69. The van der Waals surface area contributed by atoms with Crippen LogP contribution in [0, 0.1) is 11.2 Å². The van der Waals surface area contributed by atoms with Crippen LogP contribution in [0.15, 0.2) is 30.3 Å². The van der Waals surface area contributed by atoms with E-state index in [4.69, 9.17) is 5.11 Å². The van der Waals surface area contributed by atoms with Crippen molar-refractivity contribution in [3.8, 4) is 0 Å². The van der Waals surface area contributed by atoms with E-state index in [1.807, 2.05) is 20.8 Å². The zero-order valence-corrected chi connectivity index (χ0v) is 9.42. The second-order valence-corrected chi connectivity index (χ2v) is 4.53. The molecule has 0 aromatic heterocycles. The van der Waals surface area contributed by atoms with Crippen molar-refractivity contribution in [2.75, 3.05) is 6.61 Å². The van der Waals surface area contributed by atoms with E-state index in [-0.39, 0.29) is 17.8 Å². The quantitative estimate of drug-likeness (QED) is 0.791. The molecule has 1 N–H and O–H groups in total. The van der Waals surface area contributed by atoms with Gasteiger partial charge < -0.3 is 5.11 Å². The Hall–Kier alpha value is -1.15. The first-order chi connectivity index (χ1) is 6.96. The topological polar surface area (TPSA) is 20.2 Å². The van der Waals surface area contributed by atoms with Crippen LogP contribution in [0.1, 0.15) is 26.3 Å². The van der Waals surface area contributed by atoms with Crippen LogP contribution in [0.3, 0.4) is 0 Å². The van der Waals surface area contributed by atoms with Gasteiger partial charge in [0.05, 0.1) is 6.61 Å². The first-order valence-corrected chi connectivity index (χ1v) is 5.03. The van der Waals surface area contributed by atoms with E-state index in [1.54, 1.807) is 24.3 Å². The van der Waals surface area contributed by atoms with E-state index in [1.165, 1.54) is 6.07 Å². The maximum atomic E-state index is 13.6. The lowest BCUT2D eigenvalue weighted by Crippen LogP contribution is -2.10. The molecule has 0 spiro atoms.